The predicted molar refractivity (Wildman–Crippen MR) is 146 cm³/mol. The van der Waals surface area contributed by atoms with Crippen LogP contribution in [0.1, 0.15) is 16.7 Å². The number of benzene rings is 3. The summed E-state index contributed by atoms with van der Waals surface area (Å²) in [5, 5.41) is 0. The van der Waals surface area contributed by atoms with Crippen molar-refractivity contribution < 1.29 is 27.1 Å². The van der Waals surface area contributed by atoms with Gasteiger partial charge < -0.3 is 0 Å². The Labute approximate surface area is 210 Å². The molecule has 0 saturated heterocycles. The number of hydrogen-bond donors (Lipinski definition) is 1. The van der Waals surface area contributed by atoms with Crippen molar-refractivity contribution in [2.45, 2.75) is 20.8 Å². The first-order valence-corrected chi connectivity index (χ1v) is 15.1. The third-order valence-electron chi connectivity index (χ3n) is 4.80. The van der Waals surface area contributed by atoms with E-state index in [0.29, 0.717) is 17.2 Å². The van der Waals surface area contributed by atoms with Crippen molar-refractivity contribution in [3.8, 4) is 17.2 Å². The van der Waals surface area contributed by atoms with Crippen LogP contribution in [0.3, 0.4) is 0 Å². The minimum atomic E-state index is -3.58. The second kappa shape index (κ2) is 13.3. The van der Waals surface area contributed by atoms with Crippen LogP contribution in [0.15, 0.2) is 77.3 Å². The van der Waals surface area contributed by atoms with Crippen molar-refractivity contribution >= 4 is 24.7 Å². The van der Waals surface area contributed by atoms with Crippen molar-refractivity contribution in [2.75, 3.05) is 21.3 Å². The number of aryl methyl sites for hydroxylation is 3. The molecule has 0 bridgehead atoms. The number of rotatable bonds is 12. The van der Waals surface area contributed by atoms with Gasteiger partial charge in [-0.25, -0.2) is 0 Å². The van der Waals surface area contributed by atoms with Crippen molar-refractivity contribution in [3.05, 3.63) is 89.5 Å². The number of nitrogens with zero attached hydrogens (tertiary/aromatic N) is 1. The monoisotopic (exact) mass is 538 g/mol. The maximum atomic E-state index is 6.35. The van der Waals surface area contributed by atoms with E-state index in [0.717, 1.165) is 16.7 Å². The van der Waals surface area contributed by atoms with E-state index >= 15 is 0 Å². The molecule has 35 heavy (non-hydrogen) atoms. The summed E-state index contributed by atoms with van der Waals surface area (Å²) in [5.74, 6) is 1.89. The van der Waals surface area contributed by atoms with E-state index in [-0.39, 0.29) is 0 Å². The quantitative estimate of drug-likeness (QED) is 0.239. The topological polar surface area (TPSA) is 79.8 Å². The standard InChI is InChI=1S/C24H33N2O6P3/c1-19-7-13-22(14-8-19)30-33(27-4)25-35(29-6,32-24-17-11-21(3)12-18-24)26-34(28-5)31-23-15-9-20(2)10-16-23/h7-18,25,34-35H,1-6H3. The van der Waals surface area contributed by atoms with Gasteiger partial charge in [0.05, 0.1) is 0 Å². The average molecular weight is 538 g/mol. The molecule has 0 aliphatic heterocycles. The Morgan fingerprint density at radius 3 is 1.66 bits per heavy atom. The summed E-state index contributed by atoms with van der Waals surface area (Å²) >= 11 is 0. The Balaban J connectivity index is 1.93. The van der Waals surface area contributed by atoms with Gasteiger partial charge >= 0.3 is 210 Å². The van der Waals surface area contributed by atoms with Gasteiger partial charge in [-0.3, -0.25) is 0 Å². The van der Waals surface area contributed by atoms with Crippen molar-refractivity contribution in [1.82, 2.24) is 4.86 Å². The molecule has 3 aromatic carbocycles. The average Bonchev–Trinajstić information content (AvgIpc) is 2.87. The summed E-state index contributed by atoms with van der Waals surface area (Å²) in [6.45, 7) is 6.04. The summed E-state index contributed by atoms with van der Waals surface area (Å²) in [6, 6.07) is 23.0. The molecule has 0 spiro atoms. The van der Waals surface area contributed by atoms with Crippen LogP contribution in [-0.2, 0) is 13.6 Å². The SMILES string of the molecule is COP(N[PH](/N=[PH](/OC)Oc1ccc(C)cc1)(OC)Oc1ccc(C)cc1)Oc1ccc(C)cc1. The van der Waals surface area contributed by atoms with Crippen LogP contribution in [-0.4, -0.2) is 21.3 Å². The van der Waals surface area contributed by atoms with Gasteiger partial charge in [0.1, 0.15) is 0 Å². The molecule has 0 aromatic heterocycles. The zero-order valence-electron chi connectivity index (χ0n) is 20.8. The summed E-state index contributed by atoms with van der Waals surface area (Å²) < 4.78 is 40.4. The van der Waals surface area contributed by atoms with Crippen molar-refractivity contribution in [2.24, 2.45) is 4.52 Å². The van der Waals surface area contributed by atoms with E-state index < -0.39 is 24.7 Å². The molecular formula is C24H33N2O6P3. The van der Waals surface area contributed by atoms with Gasteiger partial charge in [0, 0.05) is 0 Å². The zero-order valence-corrected chi connectivity index (χ0v) is 23.7. The van der Waals surface area contributed by atoms with E-state index in [1.807, 2.05) is 93.6 Å². The van der Waals surface area contributed by atoms with Gasteiger partial charge in [-0.2, -0.15) is 0 Å². The van der Waals surface area contributed by atoms with Gasteiger partial charge in [0.2, 0.25) is 0 Å². The fraction of sp³-hybridized carbons (Fsp3) is 0.250. The minimum absolute atomic E-state index is 0.592. The molecular weight excluding hydrogens is 505 g/mol. The van der Waals surface area contributed by atoms with Crippen LogP contribution in [0.4, 0.5) is 0 Å². The van der Waals surface area contributed by atoms with Gasteiger partial charge in [-0.15, -0.1) is 0 Å². The second-order valence-corrected chi connectivity index (χ2v) is 13.4. The number of hydrogen-bond acceptors (Lipinski definition) is 8. The molecule has 8 nitrogen and oxygen atoms in total. The first-order valence-electron chi connectivity index (χ1n) is 10.9. The Morgan fingerprint density at radius 2 is 1.20 bits per heavy atom. The molecule has 3 aromatic rings. The Hall–Kier alpha value is -2.01. The van der Waals surface area contributed by atoms with Gasteiger partial charge in [-0.1, -0.05) is 0 Å². The molecule has 190 valence electrons. The second-order valence-electron chi connectivity index (χ2n) is 7.65. The molecule has 0 aliphatic carbocycles. The molecule has 0 heterocycles. The molecule has 0 aliphatic rings. The molecule has 0 radical (unpaired) electrons. The summed E-state index contributed by atoms with van der Waals surface area (Å²) in [6.07, 6.45) is 0. The molecule has 11 heteroatoms. The maximum absolute atomic E-state index is 6.35. The molecule has 0 saturated carbocycles. The van der Waals surface area contributed by atoms with Gasteiger partial charge in [-0.05, 0) is 0 Å². The van der Waals surface area contributed by atoms with E-state index in [9.17, 15) is 0 Å². The van der Waals surface area contributed by atoms with E-state index in [1.165, 1.54) is 7.11 Å². The molecule has 0 amide bonds. The molecule has 2 unspecified atom stereocenters. The fourth-order valence-corrected chi connectivity index (χ4v) is 8.90. The van der Waals surface area contributed by atoms with Crippen LogP contribution in [0.5, 0.6) is 17.2 Å². The Bertz CT molecular complexity index is 1100. The molecule has 1 N–H and O–H groups in total. The van der Waals surface area contributed by atoms with Crippen LogP contribution in [0.25, 0.3) is 0 Å². The number of nitrogens with one attached hydrogen (secondary N) is 1. The molecule has 0 fully saturated rings. The van der Waals surface area contributed by atoms with Crippen molar-refractivity contribution in [1.29, 1.82) is 0 Å². The molecule has 2 atom stereocenters. The Kier molecular flexibility index (Phi) is 10.5. The van der Waals surface area contributed by atoms with Crippen LogP contribution in [0, 0.1) is 20.8 Å². The fourth-order valence-electron chi connectivity index (χ4n) is 2.82. The predicted octanol–water partition coefficient (Wildman–Crippen LogP) is 7.54. The van der Waals surface area contributed by atoms with E-state index in [1.54, 1.807) is 14.2 Å². The van der Waals surface area contributed by atoms with E-state index in [4.69, 9.17) is 31.7 Å². The molecule has 3 rings (SSSR count). The van der Waals surface area contributed by atoms with Gasteiger partial charge in [0.15, 0.2) is 0 Å². The normalized spacial score (nSPS) is 13.8. The third kappa shape index (κ3) is 8.56. The van der Waals surface area contributed by atoms with E-state index in [2.05, 4.69) is 4.86 Å². The Morgan fingerprint density at radius 1 is 0.714 bits per heavy atom. The van der Waals surface area contributed by atoms with Crippen LogP contribution >= 0.6 is 24.7 Å². The first-order chi connectivity index (χ1) is 16.8. The van der Waals surface area contributed by atoms with Crippen molar-refractivity contribution in [3.63, 3.8) is 0 Å². The first kappa shape index (κ1) is 27.6. The summed E-state index contributed by atoms with van der Waals surface area (Å²) in [4.78, 5) is 3.27. The van der Waals surface area contributed by atoms with Crippen LogP contribution < -0.4 is 18.4 Å². The third-order valence-corrected chi connectivity index (χ3v) is 11.1. The van der Waals surface area contributed by atoms with Crippen LogP contribution in [0.2, 0.25) is 0 Å². The van der Waals surface area contributed by atoms with Gasteiger partial charge in [0.25, 0.3) is 0 Å². The summed E-state index contributed by atoms with van der Waals surface area (Å²) in [7, 11) is -2.81. The zero-order chi connectivity index (χ0) is 25.3. The summed E-state index contributed by atoms with van der Waals surface area (Å²) in [5.41, 5.74) is 3.37.